The van der Waals surface area contributed by atoms with Crippen LogP contribution in [0.3, 0.4) is 0 Å². The van der Waals surface area contributed by atoms with E-state index in [2.05, 4.69) is 10.1 Å². The lowest BCUT2D eigenvalue weighted by Gasteiger charge is -2.38. The Morgan fingerprint density at radius 2 is 2.00 bits per heavy atom. The normalized spacial score (nSPS) is 18.6. The van der Waals surface area contributed by atoms with Gasteiger partial charge in [0.15, 0.2) is 0 Å². The average Bonchev–Trinajstić information content (AvgIpc) is 3.25. The zero-order valence-corrected chi connectivity index (χ0v) is 13.8. The molecule has 0 atom stereocenters. The zero-order valence-electron chi connectivity index (χ0n) is 13.8. The van der Waals surface area contributed by atoms with Crippen molar-refractivity contribution in [1.82, 2.24) is 15.0 Å². The Labute approximate surface area is 140 Å². The highest BCUT2D eigenvalue weighted by Crippen LogP contribution is 2.34. The van der Waals surface area contributed by atoms with Crippen molar-refractivity contribution in [3.63, 3.8) is 0 Å². The number of benzene rings is 1. The summed E-state index contributed by atoms with van der Waals surface area (Å²) in [4.78, 5) is 18.8. The van der Waals surface area contributed by atoms with Crippen molar-refractivity contribution >= 4 is 5.91 Å². The van der Waals surface area contributed by atoms with Gasteiger partial charge in [-0.25, -0.2) is 0 Å². The maximum absolute atomic E-state index is 12.4. The minimum Gasteiger partial charge on any atom is -0.496 e. The quantitative estimate of drug-likeness (QED) is 0.864. The van der Waals surface area contributed by atoms with Crippen LogP contribution in [0.5, 0.6) is 5.75 Å². The molecule has 1 amide bonds. The Bertz CT molecular complexity index is 731. The fraction of sp³-hybridized carbons (Fsp3) is 0.500. The van der Waals surface area contributed by atoms with Crippen LogP contribution in [-0.2, 0) is 4.79 Å². The first-order valence-electron chi connectivity index (χ1n) is 8.52. The molecule has 6 nitrogen and oxygen atoms in total. The number of likely N-dealkylation sites (tertiary alicyclic amines) is 1. The van der Waals surface area contributed by atoms with Gasteiger partial charge in [-0.05, 0) is 25.0 Å². The van der Waals surface area contributed by atoms with Gasteiger partial charge >= 0.3 is 0 Å². The molecular weight excluding hydrogens is 306 g/mol. The van der Waals surface area contributed by atoms with Crippen LogP contribution >= 0.6 is 0 Å². The molecule has 1 saturated carbocycles. The second kappa shape index (κ2) is 6.26. The van der Waals surface area contributed by atoms with Crippen LogP contribution in [0.4, 0.5) is 0 Å². The SMILES string of the molecule is COc1ccccc1-c1noc(C2CN(C(=O)C3CCCC3)C2)n1. The van der Waals surface area contributed by atoms with E-state index < -0.39 is 0 Å². The van der Waals surface area contributed by atoms with E-state index in [1.807, 2.05) is 29.2 Å². The maximum Gasteiger partial charge on any atom is 0.233 e. The summed E-state index contributed by atoms with van der Waals surface area (Å²) in [7, 11) is 1.62. The Kier molecular flexibility index (Phi) is 3.96. The van der Waals surface area contributed by atoms with Gasteiger partial charge in [0.05, 0.1) is 18.6 Å². The molecule has 4 rings (SSSR count). The van der Waals surface area contributed by atoms with E-state index in [1.165, 1.54) is 12.8 Å². The third kappa shape index (κ3) is 2.66. The summed E-state index contributed by atoms with van der Waals surface area (Å²) in [6, 6.07) is 7.60. The number of hydrogen-bond acceptors (Lipinski definition) is 5. The van der Waals surface area contributed by atoms with E-state index in [4.69, 9.17) is 9.26 Å². The van der Waals surface area contributed by atoms with Crippen LogP contribution in [-0.4, -0.2) is 41.1 Å². The van der Waals surface area contributed by atoms with E-state index in [9.17, 15) is 4.79 Å². The Balaban J connectivity index is 1.42. The maximum atomic E-state index is 12.4. The first kappa shape index (κ1) is 15.2. The summed E-state index contributed by atoms with van der Waals surface area (Å²) in [5.41, 5.74) is 0.813. The fourth-order valence-corrected chi connectivity index (χ4v) is 3.59. The number of nitrogens with zero attached hydrogens (tertiary/aromatic N) is 3. The Morgan fingerprint density at radius 1 is 1.25 bits per heavy atom. The average molecular weight is 327 g/mol. The monoisotopic (exact) mass is 327 g/mol. The molecule has 2 heterocycles. The molecule has 0 radical (unpaired) electrons. The van der Waals surface area contributed by atoms with Gasteiger partial charge in [0, 0.05) is 19.0 Å². The van der Waals surface area contributed by atoms with Crippen molar-refractivity contribution in [3.05, 3.63) is 30.2 Å². The predicted molar refractivity (Wildman–Crippen MR) is 87.6 cm³/mol. The molecule has 1 aliphatic carbocycles. The summed E-state index contributed by atoms with van der Waals surface area (Å²) in [6.07, 6.45) is 4.44. The van der Waals surface area contributed by atoms with Crippen LogP contribution in [0, 0.1) is 5.92 Å². The number of carbonyl (C=O) groups excluding carboxylic acids is 1. The fourth-order valence-electron chi connectivity index (χ4n) is 3.59. The molecular formula is C18H21N3O3. The molecule has 2 aromatic rings. The number of ether oxygens (including phenoxy) is 1. The molecule has 0 N–H and O–H groups in total. The second-order valence-electron chi connectivity index (χ2n) is 6.58. The molecule has 6 heteroatoms. The summed E-state index contributed by atoms with van der Waals surface area (Å²) in [5.74, 6) is 2.53. The lowest BCUT2D eigenvalue weighted by molar-refractivity contribution is -0.140. The highest BCUT2D eigenvalue weighted by atomic mass is 16.5. The van der Waals surface area contributed by atoms with E-state index in [0.29, 0.717) is 30.7 Å². The molecule has 2 fully saturated rings. The van der Waals surface area contributed by atoms with E-state index in [0.717, 1.165) is 24.2 Å². The molecule has 1 saturated heterocycles. The predicted octanol–water partition coefficient (Wildman–Crippen LogP) is 2.86. The van der Waals surface area contributed by atoms with Crippen LogP contribution < -0.4 is 4.74 Å². The smallest absolute Gasteiger partial charge is 0.233 e. The topological polar surface area (TPSA) is 68.5 Å². The van der Waals surface area contributed by atoms with E-state index in [1.54, 1.807) is 7.11 Å². The van der Waals surface area contributed by atoms with Crippen molar-refractivity contribution in [1.29, 1.82) is 0 Å². The van der Waals surface area contributed by atoms with E-state index in [-0.39, 0.29) is 11.8 Å². The van der Waals surface area contributed by atoms with Crippen molar-refractivity contribution in [2.75, 3.05) is 20.2 Å². The molecule has 0 unspecified atom stereocenters. The second-order valence-corrected chi connectivity index (χ2v) is 6.58. The molecule has 0 bridgehead atoms. The lowest BCUT2D eigenvalue weighted by atomic mass is 9.96. The number of aromatic nitrogens is 2. The van der Waals surface area contributed by atoms with Gasteiger partial charge in [0.25, 0.3) is 0 Å². The minimum atomic E-state index is 0.145. The molecule has 1 aromatic carbocycles. The molecule has 24 heavy (non-hydrogen) atoms. The first-order valence-corrected chi connectivity index (χ1v) is 8.52. The zero-order chi connectivity index (χ0) is 16.5. The van der Waals surface area contributed by atoms with Gasteiger partial charge in [-0.15, -0.1) is 0 Å². The number of rotatable bonds is 4. The van der Waals surface area contributed by atoms with Crippen LogP contribution in [0.15, 0.2) is 28.8 Å². The van der Waals surface area contributed by atoms with Crippen LogP contribution in [0.1, 0.15) is 37.5 Å². The Hall–Kier alpha value is -2.37. The number of amides is 1. The van der Waals surface area contributed by atoms with Gasteiger partial charge in [-0.2, -0.15) is 4.98 Å². The standard InChI is InChI=1S/C18H21N3O3/c1-23-15-9-5-4-8-14(15)16-19-17(24-20-16)13-10-21(11-13)18(22)12-6-2-3-7-12/h4-5,8-9,12-13H,2-3,6-7,10-11H2,1H3. The van der Waals surface area contributed by atoms with Gasteiger partial charge in [0.1, 0.15) is 5.75 Å². The molecule has 1 aliphatic heterocycles. The third-order valence-electron chi connectivity index (χ3n) is 5.04. The van der Waals surface area contributed by atoms with Gasteiger partial charge < -0.3 is 14.2 Å². The third-order valence-corrected chi connectivity index (χ3v) is 5.04. The van der Waals surface area contributed by atoms with Gasteiger partial charge in [-0.3, -0.25) is 4.79 Å². The molecule has 2 aliphatic rings. The molecule has 1 aromatic heterocycles. The van der Waals surface area contributed by atoms with E-state index >= 15 is 0 Å². The highest BCUT2D eigenvalue weighted by Gasteiger charge is 2.38. The number of para-hydroxylation sites is 1. The highest BCUT2D eigenvalue weighted by molar-refractivity contribution is 5.80. The first-order chi connectivity index (χ1) is 11.8. The van der Waals surface area contributed by atoms with Crippen LogP contribution in [0.2, 0.25) is 0 Å². The summed E-state index contributed by atoms with van der Waals surface area (Å²) >= 11 is 0. The van der Waals surface area contributed by atoms with Crippen molar-refractivity contribution in [2.45, 2.75) is 31.6 Å². The van der Waals surface area contributed by atoms with Crippen molar-refractivity contribution in [2.24, 2.45) is 5.92 Å². The lowest BCUT2D eigenvalue weighted by Crippen LogP contribution is -2.50. The number of carbonyl (C=O) groups is 1. The summed E-state index contributed by atoms with van der Waals surface area (Å²) in [5, 5.41) is 4.08. The minimum absolute atomic E-state index is 0.145. The van der Waals surface area contributed by atoms with Crippen molar-refractivity contribution in [3.8, 4) is 17.1 Å². The van der Waals surface area contributed by atoms with Gasteiger partial charge in [-0.1, -0.05) is 30.1 Å². The summed E-state index contributed by atoms with van der Waals surface area (Å²) < 4.78 is 10.8. The van der Waals surface area contributed by atoms with Crippen LogP contribution in [0.25, 0.3) is 11.4 Å². The van der Waals surface area contributed by atoms with Gasteiger partial charge in [0.2, 0.25) is 17.6 Å². The molecule has 0 spiro atoms. The Morgan fingerprint density at radius 3 is 2.75 bits per heavy atom. The van der Waals surface area contributed by atoms with Crippen molar-refractivity contribution < 1.29 is 14.1 Å². The summed E-state index contributed by atoms with van der Waals surface area (Å²) in [6.45, 7) is 1.37. The molecule has 126 valence electrons. The number of hydrogen-bond donors (Lipinski definition) is 0. The largest absolute Gasteiger partial charge is 0.496 e. The number of methoxy groups -OCH3 is 1.